The van der Waals surface area contributed by atoms with E-state index in [1.54, 1.807) is 24.3 Å². The fraction of sp³-hybridized carbons (Fsp3) is 0.364. The summed E-state index contributed by atoms with van der Waals surface area (Å²) in [5.41, 5.74) is 1.51. The minimum absolute atomic E-state index is 0.0793. The minimum Gasteiger partial charge on any atom is -0.489 e. The van der Waals surface area contributed by atoms with E-state index in [0.717, 1.165) is 35.6 Å². The summed E-state index contributed by atoms with van der Waals surface area (Å²) in [6, 6.07) is 12.5. The Morgan fingerprint density at radius 2 is 1.90 bits per heavy atom. The van der Waals surface area contributed by atoms with Crippen LogP contribution in [0.3, 0.4) is 0 Å². The lowest BCUT2D eigenvalue weighted by molar-refractivity contribution is 0.167. The summed E-state index contributed by atoms with van der Waals surface area (Å²) in [6.07, 6.45) is 1.47. The van der Waals surface area contributed by atoms with Gasteiger partial charge >= 0.3 is 6.03 Å². The topological polar surface area (TPSA) is 67.6 Å². The Hall–Kier alpha value is -2.44. The predicted molar refractivity (Wildman–Crippen MR) is 118 cm³/mol. The second-order valence-corrected chi connectivity index (χ2v) is 8.37. The SMILES string of the molecule is CC(CNC(=O)N1CCC(c2nc3cc(Cl)ccc3o2)CC1)Oc1ccc(Cl)cc1. The normalized spacial score (nSPS) is 15.9. The molecule has 1 unspecified atom stereocenters. The third-order valence-electron chi connectivity index (χ3n) is 5.19. The number of hydrogen-bond acceptors (Lipinski definition) is 4. The van der Waals surface area contributed by atoms with Gasteiger partial charge in [-0.1, -0.05) is 23.2 Å². The van der Waals surface area contributed by atoms with Gasteiger partial charge in [-0.15, -0.1) is 0 Å². The van der Waals surface area contributed by atoms with E-state index in [1.807, 2.05) is 30.0 Å². The van der Waals surface area contributed by atoms with Gasteiger partial charge in [-0.25, -0.2) is 9.78 Å². The molecule has 1 aliphatic rings. The lowest BCUT2D eigenvalue weighted by Crippen LogP contribution is -2.46. The first-order valence-electron chi connectivity index (χ1n) is 9.99. The van der Waals surface area contributed by atoms with Crippen molar-refractivity contribution < 1.29 is 13.9 Å². The summed E-state index contributed by atoms with van der Waals surface area (Å²) in [5.74, 6) is 1.64. The van der Waals surface area contributed by atoms with E-state index in [2.05, 4.69) is 10.3 Å². The van der Waals surface area contributed by atoms with E-state index in [4.69, 9.17) is 32.4 Å². The highest BCUT2D eigenvalue weighted by Gasteiger charge is 2.27. The number of aromatic nitrogens is 1. The van der Waals surface area contributed by atoms with Crippen LogP contribution in [-0.2, 0) is 0 Å². The molecule has 3 aromatic rings. The maximum atomic E-state index is 12.5. The molecule has 0 aliphatic carbocycles. The van der Waals surface area contributed by atoms with Crippen LogP contribution in [0, 0.1) is 0 Å². The van der Waals surface area contributed by atoms with Gasteiger partial charge in [0.05, 0.1) is 6.54 Å². The number of carbonyl (C=O) groups excluding carboxylic acids is 1. The summed E-state index contributed by atoms with van der Waals surface area (Å²) in [4.78, 5) is 18.9. The van der Waals surface area contributed by atoms with Gasteiger partial charge in [-0.3, -0.25) is 0 Å². The number of benzene rings is 2. The zero-order valence-electron chi connectivity index (χ0n) is 16.6. The number of ether oxygens (including phenoxy) is 1. The van der Waals surface area contributed by atoms with Crippen molar-refractivity contribution in [1.82, 2.24) is 15.2 Å². The second kappa shape index (κ2) is 9.14. The molecule has 4 rings (SSSR count). The van der Waals surface area contributed by atoms with Crippen LogP contribution in [0.25, 0.3) is 11.1 Å². The highest BCUT2D eigenvalue weighted by atomic mass is 35.5. The number of rotatable bonds is 5. The molecule has 8 heteroatoms. The highest BCUT2D eigenvalue weighted by molar-refractivity contribution is 6.31. The number of carbonyl (C=O) groups is 1. The van der Waals surface area contributed by atoms with Crippen molar-refractivity contribution in [3.8, 4) is 5.75 Å². The molecule has 1 N–H and O–H groups in total. The number of nitrogens with zero attached hydrogens (tertiary/aromatic N) is 2. The third kappa shape index (κ3) is 4.99. The fourth-order valence-electron chi connectivity index (χ4n) is 3.55. The Labute approximate surface area is 185 Å². The van der Waals surface area contributed by atoms with Crippen molar-refractivity contribution in [1.29, 1.82) is 0 Å². The smallest absolute Gasteiger partial charge is 0.317 e. The van der Waals surface area contributed by atoms with E-state index in [-0.39, 0.29) is 18.1 Å². The molecular formula is C22H23Cl2N3O3. The van der Waals surface area contributed by atoms with Crippen LogP contribution in [0.15, 0.2) is 46.9 Å². The van der Waals surface area contributed by atoms with E-state index in [1.165, 1.54) is 0 Å². The van der Waals surface area contributed by atoms with Crippen molar-refractivity contribution in [2.75, 3.05) is 19.6 Å². The molecule has 1 fully saturated rings. The van der Waals surface area contributed by atoms with Crippen molar-refractivity contribution in [2.45, 2.75) is 31.8 Å². The van der Waals surface area contributed by atoms with Gasteiger partial charge in [-0.2, -0.15) is 0 Å². The second-order valence-electron chi connectivity index (χ2n) is 7.49. The molecule has 2 aromatic carbocycles. The van der Waals surface area contributed by atoms with Gasteiger partial charge < -0.3 is 19.4 Å². The summed E-state index contributed by atoms with van der Waals surface area (Å²) in [6.45, 7) is 3.65. The fourth-order valence-corrected chi connectivity index (χ4v) is 3.84. The number of oxazole rings is 1. The van der Waals surface area contributed by atoms with Gasteiger partial charge in [0.2, 0.25) is 0 Å². The maximum Gasteiger partial charge on any atom is 0.317 e. The quantitative estimate of drug-likeness (QED) is 0.561. The Bertz CT molecular complexity index is 1010. The van der Waals surface area contributed by atoms with Gasteiger partial charge in [0.1, 0.15) is 17.4 Å². The first-order chi connectivity index (χ1) is 14.5. The molecule has 158 valence electrons. The number of halogens is 2. The van der Waals surface area contributed by atoms with E-state index < -0.39 is 0 Å². The van der Waals surface area contributed by atoms with Gasteiger partial charge in [-0.05, 0) is 62.2 Å². The number of urea groups is 1. The van der Waals surface area contributed by atoms with E-state index in [9.17, 15) is 4.79 Å². The third-order valence-corrected chi connectivity index (χ3v) is 5.68. The first-order valence-corrected chi connectivity index (χ1v) is 10.7. The Balaban J connectivity index is 1.25. The molecule has 1 atom stereocenters. The molecule has 1 aromatic heterocycles. The van der Waals surface area contributed by atoms with E-state index >= 15 is 0 Å². The van der Waals surface area contributed by atoms with Crippen molar-refractivity contribution >= 4 is 40.3 Å². The van der Waals surface area contributed by atoms with Crippen LogP contribution < -0.4 is 10.1 Å². The molecule has 2 amide bonds. The average molecular weight is 448 g/mol. The number of fused-ring (bicyclic) bond motifs is 1. The molecule has 1 saturated heterocycles. The number of amides is 2. The molecule has 1 aliphatic heterocycles. The van der Waals surface area contributed by atoms with Crippen LogP contribution in [0.5, 0.6) is 5.75 Å². The lowest BCUT2D eigenvalue weighted by Gasteiger charge is -2.31. The Morgan fingerprint density at radius 3 is 2.63 bits per heavy atom. The van der Waals surface area contributed by atoms with E-state index in [0.29, 0.717) is 29.7 Å². The molecule has 2 heterocycles. The molecular weight excluding hydrogens is 425 g/mol. The average Bonchev–Trinajstić information content (AvgIpc) is 3.17. The minimum atomic E-state index is -0.153. The standard InChI is InChI=1S/C22H23Cl2N3O3/c1-14(29-18-5-2-16(23)3-6-18)13-25-22(28)27-10-8-15(9-11-27)21-26-19-12-17(24)4-7-20(19)30-21/h2-7,12,14-15H,8-11,13H2,1H3,(H,25,28). The monoisotopic (exact) mass is 447 g/mol. The van der Waals surface area contributed by atoms with Crippen molar-refractivity contribution in [3.63, 3.8) is 0 Å². The van der Waals surface area contributed by atoms with Crippen LogP contribution >= 0.6 is 23.2 Å². The summed E-state index contributed by atoms with van der Waals surface area (Å²) >= 11 is 11.9. The Kier molecular flexibility index (Phi) is 6.35. The van der Waals surface area contributed by atoms with Crippen LogP contribution in [-0.4, -0.2) is 41.7 Å². The maximum absolute atomic E-state index is 12.5. The molecule has 6 nitrogen and oxygen atoms in total. The molecule has 0 radical (unpaired) electrons. The number of piperidine rings is 1. The number of likely N-dealkylation sites (tertiary alicyclic amines) is 1. The van der Waals surface area contributed by atoms with Gasteiger partial charge in [0.15, 0.2) is 11.5 Å². The summed E-state index contributed by atoms with van der Waals surface area (Å²) < 4.78 is 11.7. The van der Waals surface area contributed by atoms with Crippen LogP contribution in [0.4, 0.5) is 4.79 Å². The largest absolute Gasteiger partial charge is 0.489 e. The zero-order chi connectivity index (χ0) is 21.1. The number of nitrogens with one attached hydrogen (secondary N) is 1. The number of hydrogen-bond donors (Lipinski definition) is 1. The molecule has 30 heavy (non-hydrogen) atoms. The molecule has 0 bridgehead atoms. The van der Waals surface area contributed by atoms with Crippen LogP contribution in [0.2, 0.25) is 10.0 Å². The lowest BCUT2D eigenvalue weighted by atomic mass is 9.97. The highest BCUT2D eigenvalue weighted by Crippen LogP contribution is 2.30. The van der Waals surface area contributed by atoms with Crippen molar-refractivity contribution in [2.24, 2.45) is 0 Å². The Morgan fingerprint density at radius 1 is 1.20 bits per heavy atom. The van der Waals surface area contributed by atoms with Crippen molar-refractivity contribution in [3.05, 3.63) is 58.4 Å². The first kappa shape index (κ1) is 20.8. The van der Waals surface area contributed by atoms with Crippen LogP contribution in [0.1, 0.15) is 31.6 Å². The zero-order valence-corrected chi connectivity index (χ0v) is 18.1. The predicted octanol–water partition coefficient (Wildman–Crippen LogP) is 5.49. The summed E-state index contributed by atoms with van der Waals surface area (Å²) in [5, 5.41) is 4.25. The van der Waals surface area contributed by atoms with Gasteiger partial charge in [0, 0.05) is 29.1 Å². The molecule has 0 spiro atoms. The van der Waals surface area contributed by atoms with Gasteiger partial charge in [0.25, 0.3) is 0 Å². The molecule has 0 saturated carbocycles. The summed E-state index contributed by atoms with van der Waals surface area (Å²) in [7, 11) is 0.